The van der Waals surface area contributed by atoms with Crippen LogP contribution in [0.4, 0.5) is 10.1 Å². The topological polar surface area (TPSA) is 93.2 Å². The van der Waals surface area contributed by atoms with Crippen molar-refractivity contribution in [2.24, 2.45) is 0 Å². The quantitative estimate of drug-likeness (QED) is 0.102. The summed E-state index contributed by atoms with van der Waals surface area (Å²) in [6, 6.07) is 20.1. The van der Waals surface area contributed by atoms with Gasteiger partial charge in [-0.25, -0.2) is 9.18 Å². The molecule has 3 aromatic rings. The first kappa shape index (κ1) is 21.1. The van der Waals surface area contributed by atoms with E-state index < -0.39 is 16.7 Å². The standard InChI is InChI=1S/C24H15FN2O4/c25-23-7-2-1-6-22(23)19(16-26)14-18-4-3-5-21(15-18)31-24(28)13-10-17-8-11-20(12-9-17)27(29)30/h1-15H/b13-10+,19-14-. The molecule has 31 heavy (non-hydrogen) atoms. The van der Waals surface area contributed by atoms with Gasteiger partial charge in [0, 0.05) is 23.8 Å². The highest BCUT2D eigenvalue weighted by molar-refractivity contribution is 5.91. The first-order valence-electron chi connectivity index (χ1n) is 9.07. The molecule has 3 aromatic carbocycles. The molecule has 0 heterocycles. The molecule has 0 aliphatic carbocycles. The third-order valence-corrected chi connectivity index (χ3v) is 4.19. The Morgan fingerprint density at radius 2 is 1.77 bits per heavy atom. The number of carbonyl (C=O) groups excluding carboxylic acids is 1. The van der Waals surface area contributed by atoms with Gasteiger partial charge in [0.25, 0.3) is 5.69 Å². The van der Waals surface area contributed by atoms with E-state index in [4.69, 9.17) is 4.74 Å². The van der Waals surface area contributed by atoms with Crippen LogP contribution in [-0.4, -0.2) is 10.9 Å². The largest absolute Gasteiger partial charge is 0.423 e. The van der Waals surface area contributed by atoms with Crippen molar-refractivity contribution in [3.05, 3.63) is 111 Å². The molecule has 0 saturated heterocycles. The van der Waals surface area contributed by atoms with Crippen LogP contribution >= 0.6 is 0 Å². The van der Waals surface area contributed by atoms with Crippen molar-refractivity contribution in [2.45, 2.75) is 0 Å². The number of halogens is 1. The lowest BCUT2D eigenvalue weighted by Gasteiger charge is -2.04. The zero-order valence-electron chi connectivity index (χ0n) is 16.1. The average Bonchev–Trinajstić information content (AvgIpc) is 2.77. The van der Waals surface area contributed by atoms with E-state index in [-0.39, 0.29) is 22.6 Å². The molecule has 0 bridgehead atoms. The van der Waals surface area contributed by atoms with Crippen LogP contribution < -0.4 is 4.74 Å². The van der Waals surface area contributed by atoms with Crippen molar-refractivity contribution < 1.29 is 18.8 Å². The molecule has 0 atom stereocenters. The number of nitro groups is 1. The fourth-order valence-electron chi connectivity index (χ4n) is 2.71. The molecule has 7 heteroatoms. The number of allylic oxidation sites excluding steroid dienone is 1. The van der Waals surface area contributed by atoms with Gasteiger partial charge in [0.1, 0.15) is 11.6 Å². The van der Waals surface area contributed by atoms with Crippen LogP contribution in [-0.2, 0) is 4.79 Å². The predicted octanol–water partition coefficient (Wildman–Crippen LogP) is 5.42. The second-order valence-corrected chi connectivity index (χ2v) is 6.33. The minimum atomic E-state index is -0.644. The summed E-state index contributed by atoms with van der Waals surface area (Å²) in [5.74, 6) is -0.902. The van der Waals surface area contributed by atoms with Gasteiger partial charge in [-0.2, -0.15) is 5.26 Å². The van der Waals surface area contributed by atoms with Crippen LogP contribution in [0.2, 0.25) is 0 Å². The number of carbonyl (C=O) groups is 1. The highest BCUT2D eigenvalue weighted by atomic mass is 19.1. The van der Waals surface area contributed by atoms with E-state index >= 15 is 0 Å². The highest BCUT2D eigenvalue weighted by Crippen LogP contribution is 2.23. The first-order valence-corrected chi connectivity index (χ1v) is 9.07. The third-order valence-electron chi connectivity index (χ3n) is 4.19. The summed E-state index contributed by atoms with van der Waals surface area (Å²) in [6.07, 6.45) is 4.17. The number of nitrogens with zero attached hydrogens (tertiary/aromatic N) is 2. The number of non-ortho nitro benzene ring substituents is 1. The summed E-state index contributed by atoms with van der Waals surface area (Å²) < 4.78 is 19.2. The number of nitriles is 1. The van der Waals surface area contributed by atoms with Crippen molar-refractivity contribution in [3.63, 3.8) is 0 Å². The summed E-state index contributed by atoms with van der Waals surface area (Å²) in [5, 5.41) is 20.1. The molecular weight excluding hydrogens is 399 g/mol. The second-order valence-electron chi connectivity index (χ2n) is 6.33. The van der Waals surface area contributed by atoms with E-state index in [9.17, 15) is 24.6 Å². The fraction of sp³-hybridized carbons (Fsp3) is 0. The van der Waals surface area contributed by atoms with Gasteiger partial charge in [0.05, 0.1) is 16.6 Å². The molecule has 0 radical (unpaired) electrons. The van der Waals surface area contributed by atoms with Gasteiger partial charge in [-0.05, 0) is 53.6 Å². The summed E-state index contributed by atoms with van der Waals surface area (Å²) in [6.45, 7) is 0. The Morgan fingerprint density at radius 1 is 1.03 bits per heavy atom. The molecule has 0 saturated carbocycles. The average molecular weight is 414 g/mol. The molecule has 0 N–H and O–H groups in total. The number of ether oxygens (including phenoxy) is 1. The molecule has 0 unspecified atom stereocenters. The van der Waals surface area contributed by atoms with Crippen molar-refractivity contribution in [1.29, 1.82) is 5.26 Å². The lowest BCUT2D eigenvalue weighted by molar-refractivity contribution is -0.384. The SMILES string of the molecule is N#C/C(=C/c1cccc(OC(=O)/C=C/c2ccc([N+](=O)[O-])cc2)c1)c1ccccc1F. The lowest BCUT2D eigenvalue weighted by Crippen LogP contribution is -2.03. The summed E-state index contributed by atoms with van der Waals surface area (Å²) in [4.78, 5) is 22.2. The van der Waals surface area contributed by atoms with Gasteiger partial charge in [0.15, 0.2) is 0 Å². The summed E-state index contributed by atoms with van der Waals surface area (Å²) in [7, 11) is 0. The van der Waals surface area contributed by atoms with Gasteiger partial charge in [0.2, 0.25) is 0 Å². The maximum Gasteiger partial charge on any atom is 0.336 e. The van der Waals surface area contributed by atoms with Gasteiger partial charge in [-0.3, -0.25) is 10.1 Å². The van der Waals surface area contributed by atoms with Crippen LogP contribution in [0.1, 0.15) is 16.7 Å². The molecule has 0 aliphatic heterocycles. The molecule has 6 nitrogen and oxygen atoms in total. The van der Waals surface area contributed by atoms with Gasteiger partial charge in [-0.15, -0.1) is 0 Å². The minimum absolute atomic E-state index is 0.0447. The molecule has 152 valence electrons. The smallest absolute Gasteiger partial charge is 0.336 e. The van der Waals surface area contributed by atoms with Gasteiger partial charge < -0.3 is 4.74 Å². The molecule has 0 aliphatic rings. The molecular formula is C24H15FN2O4. The Morgan fingerprint density at radius 3 is 2.45 bits per heavy atom. The molecule has 0 amide bonds. The van der Waals surface area contributed by atoms with E-state index in [0.29, 0.717) is 11.1 Å². The molecule has 0 fully saturated rings. The Balaban J connectivity index is 1.72. The first-order chi connectivity index (χ1) is 15.0. The van der Waals surface area contributed by atoms with Crippen molar-refractivity contribution in [1.82, 2.24) is 0 Å². The van der Waals surface area contributed by atoms with E-state index in [1.807, 2.05) is 6.07 Å². The van der Waals surface area contributed by atoms with Gasteiger partial charge in [-0.1, -0.05) is 30.3 Å². The molecule has 0 aromatic heterocycles. The van der Waals surface area contributed by atoms with Crippen molar-refractivity contribution in [3.8, 4) is 11.8 Å². The Hall–Kier alpha value is -4.57. The van der Waals surface area contributed by atoms with E-state index in [1.165, 1.54) is 60.7 Å². The second kappa shape index (κ2) is 9.76. The minimum Gasteiger partial charge on any atom is -0.423 e. The fourth-order valence-corrected chi connectivity index (χ4v) is 2.71. The van der Waals surface area contributed by atoms with Crippen LogP contribution in [0.3, 0.4) is 0 Å². The number of rotatable bonds is 6. The number of hydrogen-bond acceptors (Lipinski definition) is 5. The number of hydrogen-bond donors (Lipinski definition) is 0. The zero-order valence-corrected chi connectivity index (χ0v) is 16.1. The zero-order chi connectivity index (χ0) is 22.2. The lowest BCUT2D eigenvalue weighted by atomic mass is 10.0. The van der Waals surface area contributed by atoms with Crippen LogP contribution in [0.25, 0.3) is 17.7 Å². The van der Waals surface area contributed by atoms with Gasteiger partial charge >= 0.3 is 5.97 Å². The molecule has 3 rings (SSSR count). The van der Waals surface area contributed by atoms with Crippen LogP contribution in [0.15, 0.2) is 78.9 Å². The number of nitro benzene ring substituents is 1. The Kier molecular flexibility index (Phi) is 6.66. The number of esters is 1. The van der Waals surface area contributed by atoms with Crippen molar-refractivity contribution in [2.75, 3.05) is 0 Å². The van der Waals surface area contributed by atoms with Crippen LogP contribution in [0, 0.1) is 27.3 Å². The normalized spacial score (nSPS) is 11.2. The van der Waals surface area contributed by atoms with Crippen molar-refractivity contribution >= 4 is 29.4 Å². The predicted molar refractivity (Wildman–Crippen MR) is 114 cm³/mol. The summed E-state index contributed by atoms with van der Waals surface area (Å²) >= 11 is 0. The Labute approximate surface area is 177 Å². The maximum absolute atomic E-state index is 14.0. The summed E-state index contributed by atoms with van der Waals surface area (Å²) in [5.41, 5.74) is 1.43. The van der Waals surface area contributed by atoms with E-state index in [2.05, 4.69) is 0 Å². The van der Waals surface area contributed by atoms with E-state index in [1.54, 1.807) is 30.3 Å². The Bertz CT molecular complexity index is 1220. The number of benzene rings is 3. The highest BCUT2D eigenvalue weighted by Gasteiger charge is 2.08. The molecule has 0 spiro atoms. The third kappa shape index (κ3) is 5.71. The monoisotopic (exact) mass is 414 g/mol. The van der Waals surface area contributed by atoms with E-state index in [0.717, 1.165) is 0 Å². The van der Waals surface area contributed by atoms with Crippen LogP contribution in [0.5, 0.6) is 5.75 Å². The maximum atomic E-state index is 14.0.